The number of hydrogen-bond acceptors (Lipinski definition) is 3. The van der Waals surface area contributed by atoms with Crippen molar-refractivity contribution in [3.8, 4) is 0 Å². The zero-order valence-corrected chi connectivity index (χ0v) is 12.1. The predicted molar refractivity (Wildman–Crippen MR) is 70.7 cm³/mol. The number of fused-ring (bicyclic) bond motifs is 3. The van der Waals surface area contributed by atoms with Gasteiger partial charge in [-0.1, -0.05) is 42.4 Å². The third kappa shape index (κ3) is 3.09. The first-order chi connectivity index (χ1) is 7.68. The molecule has 4 heteroatoms. The van der Waals surface area contributed by atoms with Gasteiger partial charge >= 0.3 is 0 Å². The Labute approximate surface area is 111 Å². The molecule has 0 atom stereocenters. The van der Waals surface area contributed by atoms with Gasteiger partial charge in [0, 0.05) is 11.8 Å². The van der Waals surface area contributed by atoms with Crippen molar-refractivity contribution in [3.63, 3.8) is 0 Å². The highest BCUT2D eigenvalue weighted by Gasteiger charge is 2.49. The summed E-state index contributed by atoms with van der Waals surface area (Å²) in [5.41, 5.74) is 0.0863. The smallest absolute Gasteiger partial charge is 0.282 e. The van der Waals surface area contributed by atoms with Crippen LogP contribution >= 0.6 is 22.6 Å². The third-order valence-electron chi connectivity index (χ3n) is 3.29. The molecule has 0 aliphatic carbocycles. The summed E-state index contributed by atoms with van der Waals surface area (Å²) in [6.07, 6.45) is 5.88. The lowest BCUT2D eigenvalue weighted by Gasteiger charge is -2.50. The lowest BCUT2D eigenvalue weighted by Crippen LogP contribution is -2.58. The number of alkyl halides is 1. The quantitative estimate of drug-likeness (QED) is 0.422. The Hall–Kier alpha value is 0.610. The SMILES string of the molecule is CC12COC(CCCCCCI)(OC1)OC2. The maximum atomic E-state index is 5.73. The van der Waals surface area contributed by atoms with E-state index >= 15 is 0 Å². The van der Waals surface area contributed by atoms with E-state index in [2.05, 4.69) is 29.5 Å². The Bertz CT molecular complexity index is 208. The molecule has 3 aliphatic rings. The van der Waals surface area contributed by atoms with E-state index in [0.717, 1.165) is 32.7 Å². The minimum absolute atomic E-state index is 0.0863. The van der Waals surface area contributed by atoms with Crippen LogP contribution in [0.15, 0.2) is 0 Å². The molecule has 0 unspecified atom stereocenters. The molecule has 3 heterocycles. The molecule has 0 aromatic carbocycles. The van der Waals surface area contributed by atoms with Crippen LogP contribution in [0, 0.1) is 5.41 Å². The van der Waals surface area contributed by atoms with Gasteiger partial charge in [0.1, 0.15) is 0 Å². The van der Waals surface area contributed by atoms with Crippen molar-refractivity contribution in [2.75, 3.05) is 24.2 Å². The van der Waals surface area contributed by atoms with Crippen LogP contribution in [0.2, 0.25) is 0 Å². The molecule has 2 bridgehead atoms. The van der Waals surface area contributed by atoms with Crippen molar-refractivity contribution in [1.29, 1.82) is 0 Å². The highest BCUT2D eigenvalue weighted by Crippen LogP contribution is 2.40. The van der Waals surface area contributed by atoms with Gasteiger partial charge in [-0.15, -0.1) is 0 Å². The Morgan fingerprint density at radius 3 is 2.06 bits per heavy atom. The van der Waals surface area contributed by atoms with Gasteiger partial charge in [0.25, 0.3) is 5.97 Å². The van der Waals surface area contributed by atoms with Gasteiger partial charge in [-0.25, -0.2) is 0 Å². The number of hydrogen-bond donors (Lipinski definition) is 0. The maximum Gasteiger partial charge on any atom is 0.282 e. The molecule has 0 radical (unpaired) electrons. The van der Waals surface area contributed by atoms with E-state index in [0.29, 0.717) is 0 Å². The molecule has 16 heavy (non-hydrogen) atoms. The van der Waals surface area contributed by atoms with Crippen molar-refractivity contribution in [2.24, 2.45) is 5.41 Å². The van der Waals surface area contributed by atoms with Gasteiger partial charge in [-0.3, -0.25) is 0 Å². The summed E-state index contributed by atoms with van der Waals surface area (Å²) in [6.45, 7) is 4.48. The molecule has 3 nitrogen and oxygen atoms in total. The van der Waals surface area contributed by atoms with Gasteiger partial charge in [-0.05, 0) is 17.3 Å². The molecule has 3 saturated heterocycles. The van der Waals surface area contributed by atoms with Gasteiger partial charge in [0.2, 0.25) is 0 Å². The Balaban J connectivity index is 1.69. The Morgan fingerprint density at radius 2 is 1.50 bits per heavy atom. The second-order valence-corrected chi connectivity index (χ2v) is 6.29. The summed E-state index contributed by atoms with van der Waals surface area (Å²) >= 11 is 2.43. The second-order valence-electron chi connectivity index (χ2n) is 5.21. The second kappa shape index (κ2) is 5.50. The maximum absolute atomic E-state index is 5.73. The number of rotatable bonds is 6. The molecule has 0 saturated carbocycles. The normalized spacial score (nSPS) is 37.9. The topological polar surface area (TPSA) is 27.7 Å². The average molecular weight is 340 g/mol. The van der Waals surface area contributed by atoms with Crippen LogP contribution in [0.25, 0.3) is 0 Å². The molecule has 0 aromatic rings. The molecule has 0 amide bonds. The summed E-state index contributed by atoms with van der Waals surface area (Å²) in [7, 11) is 0. The van der Waals surface area contributed by atoms with E-state index in [4.69, 9.17) is 14.2 Å². The summed E-state index contributed by atoms with van der Waals surface area (Å²) < 4.78 is 18.4. The first-order valence-corrected chi connectivity index (χ1v) is 7.69. The number of halogens is 1. The van der Waals surface area contributed by atoms with E-state index in [1.807, 2.05) is 0 Å². The van der Waals surface area contributed by atoms with Gasteiger partial charge < -0.3 is 14.2 Å². The van der Waals surface area contributed by atoms with Crippen LogP contribution < -0.4 is 0 Å². The van der Waals surface area contributed by atoms with E-state index in [1.54, 1.807) is 0 Å². The van der Waals surface area contributed by atoms with Crippen LogP contribution in [-0.2, 0) is 14.2 Å². The first-order valence-electron chi connectivity index (χ1n) is 6.16. The predicted octanol–water partition coefficient (Wildman–Crippen LogP) is 3.11. The van der Waals surface area contributed by atoms with E-state index in [9.17, 15) is 0 Å². The zero-order valence-electron chi connectivity index (χ0n) is 9.97. The standard InChI is InChI=1S/C12H21IO3/c1-11-8-14-12(15-9-11,16-10-11)6-4-2-3-5-7-13/h2-10H2,1H3. The molecule has 3 rings (SSSR count). The van der Waals surface area contributed by atoms with Crippen LogP contribution in [0.3, 0.4) is 0 Å². The zero-order chi connectivity index (χ0) is 11.5. The molecule has 3 fully saturated rings. The molecule has 0 spiro atoms. The monoisotopic (exact) mass is 340 g/mol. The molecule has 0 N–H and O–H groups in total. The van der Waals surface area contributed by atoms with E-state index in [1.165, 1.54) is 23.7 Å². The summed E-state index contributed by atoms with van der Waals surface area (Å²) in [4.78, 5) is 0. The Kier molecular flexibility index (Phi) is 4.49. The largest absolute Gasteiger partial charge is 0.327 e. The van der Waals surface area contributed by atoms with E-state index in [-0.39, 0.29) is 5.41 Å². The lowest BCUT2D eigenvalue weighted by atomic mass is 9.91. The minimum Gasteiger partial charge on any atom is -0.327 e. The fraction of sp³-hybridized carbons (Fsp3) is 1.00. The van der Waals surface area contributed by atoms with Crippen molar-refractivity contribution in [3.05, 3.63) is 0 Å². The first kappa shape index (κ1) is 13.1. The van der Waals surface area contributed by atoms with Crippen LogP contribution in [0.4, 0.5) is 0 Å². The van der Waals surface area contributed by atoms with Gasteiger partial charge in [-0.2, -0.15) is 0 Å². The minimum atomic E-state index is -0.692. The van der Waals surface area contributed by atoms with Gasteiger partial charge in [0.05, 0.1) is 19.8 Å². The average Bonchev–Trinajstić information content (AvgIpc) is 2.31. The third-order valence-corrected chi connectivity index (χ3v) is 4.05. The molecular formula is C12H21IO3. The fourth-order valence-electron chi connectivity index (χ4n) is 2.11. The molecule has 0 aromatic heterocycles. The van der Waals surface area contributed by atoms with E-state index < -0.39 is 5.97 Å². The Morgan fingerprint density at radius 1 is 0.938 bits per heavy atom. The van der Waals surface area contributed by atoms with Crippen molar-refractivity contribution in [1.82, 2.24) is 0 Å². The van der Waals surface area contributed by atoms with Crippen molar-refractivity contribution >= 4 is 22.6 Å². The van der Waals surface area contributed by atoms with Crippen molar-refractivity contribution in [2.45, 2.75) is 45.0 Å². The van der Waals surface area contributed by atoms with Crippen LogP contribution in [0.5, 0.6) is 0 Å². The fourth-order valence-corrected chi connectivity index (χ4v) is 2.65. The highest BCUT2D eigenvalue weighted by molar-refractivity contribution is 14.1. The van der Waals surface area contributed by atoms with Crippen LogP contribution in [-0.4, -0.2) is 30.2 Å². The number of ether oxygens (including phenoxy) is 3. The molecule has 3 aliphatic heterocycles. The molecule has 94 valence electrons. The summed E-state index contributed by atoms with van der Waals surface area (Å²) in [5.74, 6) is -0.692. The van der Waals surface area contributed by atoms with Crippen molar-refractivity contribution < 1.29 is 14.2 Å². The highest BCUT2D eigenvalue weighted by atomic mass is 127. The lowest BCUT2D eigenvalue weighted by molar-refractivity contribution is -0.467. The number of unbranched alkanes of at least 4 members (excludes halogenated alkanes) is 3. The summed E-state index contributed by atoms with van der Waals surface area (Å²) in [6, 6.07) is 0. The molecular weight excluding hydrogens is 319 g/mol. The van der Waals surface area contributed by atoms with Gasteiger partial charge in [0.15, 0.2) is 0 Å². The van der Waals surface area contributed by atoms with Crippen LogP contribution in [0.1, 0.15) is 39.0 Å². The summed E-state index contributed by atoms with van der Waals surface area (Å²) in [5, 5.41) is 0.